The van der Waals surface area contributed by atoms with Crippen molar-refractivity contribution < 1.29 is 24.5 Å². The van der Waals surface area contributed by atoms with E-state index in [1.807, 2.05) is 0 Å². The van der Waals surface area contributed by atoms with Crippen molar-refractivity contribution in [1.82, 2.24) is 4.90 Å². The Hall–Kier alpha value is -1.14. The van der Waals surface area contributed by atoms with E-state index in [0.29, 0.717) is 0 Å². The summed E-state index contributed by atoms with van der Waals surface area (Å²) in [6.45, 7) is 18.9. The molecule has 6 heteroatoms. The first-order valence-electron chi connectivity index (χ1n) is 27.4. The zero-order valence-corrected chi connectivity index (χ0v) is 42.6. The maximum Gasteiger partial charge on any atom is 0.290 e. The SMILES string of the molecule is CCCCCC(CCCCC)CCCCCCCCCCCC(CCCCCCCCCCCC(CCCCC)CCCCC)COCCCN(CC)CC.O=CO.O=CO. The number of nitrogens with zero attached hydrogens (tertiary/aromatic N) is 1. The fourth-order valence-corrected chi connectivity index (χ4v) is 9.30. The molecule has 0 aromatic rings. The number of rotatable bonds is 48. The molecule has 0 spiro atoms. The van der Waals surface area contributed by atoms with Crippen LogP contribution in [0.3, 0.4) is 0 Å². The molecule has 61 heavy (non-hydrogen) atoms. The highest BCUT2D eigenvalue weighted by Crippen LogP contribution is 2.26. The second-order valence-electron chi connectivity index (χ2n) is 18.8. The van der Waals surface area contributed by atoms with Crippen molar-refractivity contribution in [3.05, 3.63) is 0 Å². The molecule has 6 nitrogen and oxygen atoms in total. The molecule has 0 unspecified atom stereocenters. The first-order chi connectivity index (χ1) is 30.0. The number of carboxylic acid groups (broad SMARTS) is 2. The van der Waals surface area contributed by atoms with Gasteiger partial charge < -0.3 is 19.8 Å². The Balaban J connectivity index is -0.00000526. The Kier molecular flexibility index (Phi) is 61.9. The summed E-state index contributed by atoms with van der Waals surface area (Å²) in [4.78, 5) is 19.3. The van der Waals surface area contributed by atoms with E-state index in [1.54, 1.807) is 0 Å². The van der Waals surface area contributed by atoms with Gasteiger partial charge in [-0.2, -0.15) is 0 Å². The Bertz CT molecular complexity index is 705. The molecule has 0 saturated heterocycles. The van der Waals surface area contributed by atoms with Gasteiger partial charge in [0.25, 0.3) is 12.9 Å². The lowest BCUT2D eigenvalue weighted by Gasteiger charge is -2.19. The summed E-state index contributed by atoms with van der Waals surface area (Å²) in [7, 11) is 0. The van der Waals surface area contributed by atoms with E-state index in [4.69, 9.17) is 24.5 Å². The lowest BCUT2D eigenvalue weighted by molar-refractivity contribution is -0.123. The number of hydrogen-bond donors (Lipinski definition) is 2. The van der Waals surface area contributed by atoms with Gasteiger partial charge in [-0.05, 0) is 50.1 Å². The van der Waals surface area contributed by atoms with Crippen molar-refractivity contribution in [1.29, 1.82) is 0 Å². The maximum atomic E-state index is 8.36. The monoisotopic (exact) mass is 868 g/mol. The van der Waals surface area contributed by atoms with Crippen molar-refractivity contribution in [3.8, 4) is 0 Å². The van der Waals surface area contributed by atoms with Gasteiger partial charge in [0.05, 0.1) is 0 Å². The minimum absolute atomic E-state index is 0.250. The van der Waals surface area contributed by atoms with Crippen molar-refractivity contribution in [2.45, 2.75) is 292 Å². The zero-order chi connectivity index (χ0) is 45.5. The molecule has 0 saturated carbocycles. The van der Waals surface area contributed by atoms with Crippen LogP contribution in [0.5, 0.6) is 0 Å². The molecule has 2 N–H and O–H groups in total. The van der Waals surface area contributed by atoms with Crippen LogP contribution in [0.15, 0.2) is 0 Å². The molecular formula is C55H113NO5. The van der Waals surface area contributed by atoms with E-state index in [2.05, 4.69) is 46.4 Å². The van der Waals surface area contributed by atoms with Gasteiger partial charge in [0, 0.05) is 19.8 Å². The fraction of sp³-hybridized carbons (Fsp3) is 0.964. The van der Waals surface area contributed by atoms with Crippen molar-refractivity contribution in [3.63, 3.8) is 0 Å². The van der Waals surface area contributed by atoms with Crippen LogP contribution in [-0.2, 0) is 14.3 Å². The molecule has 0 amide bonds. The summed E-state index contributed by atoms with van der Waals surface area (Å²) in [6, 6.07) is 0. The Morgan fingerprint density at radius 1 is 0.361 bits per heavy atom. The number of carbonyl (C=O) groups is 2. The maximum absolute atomic E-state index is 8.36. The van der Waals surface area contributed by atoms with Crippen molar-refractivity contribution in [2.24, 2.45) is 17.8 Å². The molecule has 0 aliphatic heterocycles. The molecule has 0 aromatic heterocycles. The third-order valence-corrected chi connectivity index (χ3v) is 13.3. The van der Waals surface area contributed by atoms with Gasteiger partial charge in [0.1, 0.15) is 0 Å². The normalized spacial score (nSPS) is 11.3. The summed E-state index contributed by atoms with van der Waals surface area (Å²) in [5.41, 5.74) is 0. The lowest BCUT2D eigenvalue weighted by Crippen LogP contribution is -2.25. The molecule has 0 aromatic carbocycles. The van der Waals surface area contributed by atoms with Gasteiger partial charge >= 0.3 is 0 Å². The fourth-order valence-electron chi connectivity index (χ4n) is 9.30. The van der Waals surface area contributed by atoms with Crippen LogP contribution in [-0.4, -0.2) is 60.9 Å². The van der Waals surface area contributed by atoms with E-state index in [1.165, 1.54) is 257 Å². The van der Waals surface area contributed by atoms with Crippen molar-refractivity contribution in [2.75, 3.05) is 32.8 Å². The summed E-state index contributed by atoms with van der Waals surface area (Å²) in [6.07, 6.45) is 56.4. The van der Waals surface area contributed by atoms with Crippen LogP contribution in [0.2, 0.25) is 0 Å². The Labute approximate surface area is 383 Å². The second kappa shape index (κ2) is 58.9. The van der Waals surface area contributed by atoms with Crippen LogP contribution in [0, 0.1) is 17.8 Å². The van der Waals surface area contributed by atoms with E-state index >= 15 is 0 Å². The van der Waals surface area contributed by atoms with Crippen LogP contribution in [0.1, 0.15) is 292 Å². The highest BCUT2D eigenvalue weighted by molar-refractivity contribution is 5.33. The topological polar surface area (TPSA) is 87.1 Å². The first kappa shape index (κ1) is 64.1. The van der Waals surface area contributed by atoms with Crippen LogP contribution >= 0.6 is 0 Å². The average molecular weight is 869 g/mol. The van der Waals surface area contributed by atoms with E-state index in [9.17, 15) is 0 Å². The molecule has 0 radical (unpaired) electrons. The number of unbranched alkanes of at least 4 members (excludes halogenated alkanes) is 24. The molecule has 0 aliphatic carbocycles. The first-order valence-corrected chi connectivity index (χ1v) is 27.4. The van der Waals surface area contributed by atoms with Gasteiger partial charge in [-0.15, -0.1) is 0 Å². The third-order valence-electron chi connectivity index (χ3n) is 13.3. The predicted octanol–water partition coefficient (Wildman–Crippen LogP) is 17.9. The Morgan fingerprint density at radius 3 is 0.836 bits per heavy atom. The molecule has 368 valence electrons. The highest BCUT2D eigenvalue weighted by Gasteiger charge is 2.11. The zero-order valence-electron chi connectivity index (χ0n) is 42.6. The smallest absolute Gasteiger partial charge is 0.290 e. The summed E-state index contributed by atoms with van der Waals surface area (Å²) in [5, 5.41) is 13.8. The summed E-state index contributed by atoms with van der Waals surface area (Å²) in [5.74, 6) is 2.83. The quantitative estimate of drug-likeness (QED) is 0.0468. The largest absolute Gasteiger partial charge is 0.483 e. The van der Waals surface area contributed by atoms with Crippen LogP contribution < -0.4 is 0 Å². The summed E-state index contributed by atoms with van der Waals surface area (Å²) >= 11 is 0. The predicted molar refractivity (Wildman–Crippen MR) is 269 cm³/mol. The van der Waals surface area contributed by atoms with Gasteiger partial charge in [0.15, 0.2) is 0 Å². The van der Waals surface area contributed by atoms with Crippen LogP contribution in [0.4, 0.5) is 0 Å². The van der Waals surface area contributed by atoms with Gasteiger partial charge in [-0.3, -0.25) is 9.59 Å². The van der Waals surface area contributed by atoms with Gasteiger partial charge in [0.2, 0.25) is 0 Å². The summed E-state index contributed by atoms with van der Waals surface area (Å²) < 4.78 is 6.32. The Morgan fingerprint density at radius 2 is 0.590 bits per heavy atom. The standard InChI is InChI=1S/C53H109NO.2CH2O2/c1-7-13-31-40-51(41-32-14-8-2)44-35-27-23-19-17-21-25-29-37-46-53(50-55-49-39-48-54(11-5)12-6)47-38-30-26-22-18-20-24-28-36-45-52(42-33-15-9-3)43-34-16-10-4;2*2-1-3/h51-53H,7-50H2,1-6H3;2*1H,(H,2,3). The second-order valence-corrected chi connectivity index (χ2v) is 18.8. The number of ether oxygens (including phenoxy) is 1. The molecule has 0 heterocycles. The van der Waals surface area contributed by atoms with E-state index < -0.39 is 0 Å². The van der Waals surface area contributed by atoms with Crippen LogP contribution in [0.25, 0.3) is 0 Å². The average Bonchev–Trinajstić information content (AvgIpc) is 3.26. The van der Waals surface area contributed by atoms with E-state index in [-0.39, 0.29) is 12.9 Å². The highest BCUT2D eigenvalue weighted by atomic mass is 16.5. The van der Waals surface area contributed by atoms with Gasteiger partial charge in [-0.1, -0.05) is 273 Å². The van der Waals surface area contributed by atoms with Gasteiger partial charge in [-0.25, -0.2) is 0 Å². The molecule has 0 fully saturated rings. The molecular weight excluding hydrogens is 755 g/mol. The third kappa shape index (κ3) is 54.9. The molecule has 0 atom stereocenters. The molecule has 0 bridgehead atoms. The minimum atomic E-state index is -0.250. The molecule has 0 aliphatic rings. The minimum Gasteiger partial charge on any atom is -0.483 e. The van der Waals surface area contributed by atoms with E-state index in [0.717, 1.165) is 44.1 Å². The number of hydrogen-bond acceptors (Lipinski definition) is 4. The molecule has 0 rings (SSSR count). The lowest BCUT2D eigenvalue weighted by atomic mass is 9.90. The van der Waals surface area contributed by atoms with Crippen molar-refractivity contribution >= 4 is 12.9 Å².